The van der Waals surface area contributed by atoms with Gasteiger partial charge in [0, 0.05) is 6.54 Å². The molecule has 0 heterocycles. The molecule has 21 heavy (non-hydrogen) atoms. The molecule has 0 saturated carbocycles. The molecule has 7 heteroatoms. The standard InChI is InChI=1S/C14H23NO6/c1-19-11-4-10(5-12(20-2)13(11)21-3)6-15-14(7-16,8-17)9-18/h4-5,15-18H,6-9H2,1-3H3. The van der Waals surface area contributed by atoms with Crippen LogP contribution >= 0.6 is 0 Å². The lowest BCUT2D eigenvalue weighted by Crippen LogP contribution is -2.54. The predicted octanol–water partition coefficient (Wildman–Crippen LogP) is -0.482. The Kier molecular flexibility index (Phi) is 6.70. The molecule has 120 valence electrons. The first-order valence-electron chi connectivity index (χ1n) is 6.46. The van der Waals surface area contributed by atoms with Crippen LogP contribution in [0.1, 0.15) is 5.56 Å². The van der Waals surface area contributed by atoms with Crippen molar-refractivity contribution in [3.05, 3.63) is 17.7 Å². The van der Waals surface area contributed by atoms with E-state index in [2.05, 4.69) is 5.32 Å². The number of hydrogen-bond donors (Lipinski definition) is 4. The molecule has 0 saturated heterocycles. The quantitative estimate of drug-likeness (QED) is 0.489. The Morgan fingerprint density at radius 2 is 1.38 bits per heavy atom. The molecule has 0 radical (unpaired) electrons. The van der Waals surface area contributed by atoms with Crippen LogP contribution in [-0.2, 0) is 6.54 Å². The summed E-state index contributed by atoms with van der Waals surface area (Å²) in [5.74, 6) is 1.51. The van der Waals surface area contributed by atoms with Gasteiger partial charge in [0.05, 0.1) is 46.7 Å². The average molecular weight is 301 g/mol. The fourth-order valence-corrected chi connectivity index (χ4v) is 1.84. The van der Waals surface area contributed by atoms with Crippen LogP contribution < -0.4 is 19.5 Å². The first-order valence-corrected chi connectivity index (χ1v) is 6.46. The maximum atomic E-state index is 9.29. The van der Waals surface area contributed by atoms with E-state index in [1.165, 1.54) is 21.3 Å². The van der Waals surface area contributed by atoms with Crippen molar-refractivity contribution in [1.82, 2.24) is 5.32 Å². The third-order valence-electron chi connectivity index (χ3n) is 3.30. The lowest BCUT2D eigenvalue weighted by Gasteiger charge is -2.29. The first kappa shape index (κ1) is 17.5. The Morgan fingerprint density at radius 1 is 0.905 bits per heavy atom. The van der Waals surface area contributed by atoms with Gasteiger partial charge in [-0.3, -0.25) is 0 Å². The first-order chi connectivity index (χ1) is 10.1. The summed E-state index contributed by atoms with van der Waals surface area (Å²) in [5.41, 5.74) is -0.343. The summed E-state index contributed by atoms with van der Waals surface area (Å²) in [6.45, 7) is -0.850. The van der Waals surface area contributed by atoms with E-state index in [-0.39, 0.29) is 19.8 Å². The number of rotatable bonds is 9. The molecule has 0 fully saturated rings. The summed E-state index contributed by atoms with van der Waals surface area (Å²) < 4.78 is 15.7. The summed E-state index contributed by atoms with van der Waals surface area (Å²) in [7, 11) is 4.56. The van der Waals surface area contributed by atoms with E-state index < -0.39 is 5.54 Å². The summed E-state index contributed by atoms with van der Waals surface area (Å²) >= 11 is 0. The molecule has 0 amide bonds. The van der Waals surface area contributed by atoms with E-state index in [0.29, 0.717) is 23.8 Å². The van der Waals surface area contributed by atoms with Gasteiger partial charge in [0.25, 0.3) is 0 Å². The van der Waals surface area contributed by atoms with Crippen molar-refractivity contribution in [2.24, 2.45) is 0 Å². The van der Waals surface area contributed by atoms with E-state index in [1.807, 2.05) is 0 Å². The van der Waals surface area contributed by atoms with Crippen molar-refractivity contribution < 1.29 is 29.5 Å². The number of methoxy groups -OCH3 is 3. The lowest BCUT2D eigenvalue weighted by molar-refractivity contribution is 0.0413. The predicted molar refractivity (Wildman–Crippen MR) is 76.9 cm³/mol. The minimum Gasteiger partial charge on any atom is -0.493 e. The minimum absolute atomic E-state index is 0.304. The number of benzene rings is 1. The van der Waals surface area contributed by atoms with Gasteiger partial charge in [0.1, 0.15) is 0 Å². The lowest BCUT2D eigenvalue weighted by atomic mass is 10.0. The maximum Gasteiger partial charge on any atom is 0.203 e. The molecule has 0 aromatic heterocycles. The highest BCUT2D eigenvalue weighted by molar-refractivity contribution is 5.53. The van der Waals surface area contributed by atoms with Gasteiger partial charge in [-0.15, -0.1) is 0 Å². The van der Waals surface area contributed by atoms with Crippen molar-refractivity contribution in [1.29, 1.82) is 0 Å². The van der Waals surface area contributed by atoms with Gasteiger partial charge < -0.3 is 34.8 Å². The molecule has 4 N–H and O–H groups in total. The molecular weight excluding hydrogens is 278 g/mol. The second-order valence-electron chi connectivity index (χ2n) is 4.64. The Hall–Kier alpha value is -1.54. The zero-order valence-corrected chi connectivity index (χ0v) is 12.5. The monoisotopic (exact) mass is 301 g/mol. The molecule has 0 aliphatic heterocycles. The third kappa shape index (κ3) is 3.98. The molecule has 7 nitrogen and oxygen atoms in total. The molecule has 0 bridgehead atoms. The second kappa shape index (κ2) is 8.04. The highest BCUT2D eigenvalue weighted by Crippen LogP contribution is 2.38. The number of ether oxygens (including phenoxy) is 3. The van der Waals surface area contributed by atoms with Crippen molar-refractivity contribution in [3.63, 3.8) is 0 Å². The van der Waals surface area contributed by atoms with Crippen LogP contribution in [0.25, 0.3) is 0 Å². The van der Waals surface area contributed by atoms with Gasteiger partial charge in [0.2, 0.25) is 5.75 Å². The molecule has 0 aliphatic rings. The largest absolute Gasteiger partial charge is 0.493 e. The van der Waals surface area contributed by atoms with Gasteiger partial charge in [-0.05, 0) is 17.7 Å². The average Bonchev–Trinajstić information content (AvgIpc) is 2.55. The van der Waals surface area contributed by atoms with Crippen LogP contribution in [0.5, 0.6) is 17.2 Å². The third-order valence-corrected chi connectivity index (χ3v) is 3.30. The number of aliphatic hydroxyl groups is 3. The van der Waals surface area contributed by atoms with Gasteiger partial charge >= 0.3 is 0 Å². The van der Waals surface area contributed by atoms with Gasteiger partial charge in [-0.1, -0.05) is 0 Å². The Bertz CT molecular complexity index is 414. The van der Waals surface area contributed by atoms with Crippen LogP contribution in [-0.4, -0.2) is 62.0 Å². The van der Waals surface area contributed by atoms with E-state index >= 15 is 0 Å². The molecule has 1 aromatic rings. The topological polar surface area (TPSA) is 100 Å². The van der Waals surface area contributed by atoms with Crippen LogP contribution in [0.15, 0.2) is 12.1 Å². The van der Waals surface area contributed by atoms with Gasteiger partial charge in [-0.2, -0.15) is 0 Å². The molecule has 0 spiro atoms. The zero-order chi connectivity index (χ0) is 15.9. The van der Waals surface area contributed by atoms with Gasteiger partial charge in [0.15, 0.2) is 11.5 Å². The highest BCUT2D eigenvalue weighted by atomic mass is 16.5. The molecule has 0 atom stereocenters. The second-order valence-corrected chi connectivity index (χ2v) is 4.64. The highest BCUT2D eigenvalue weighted by Gasteiger charge is 2.27. The molecule has 0 aliphatic carbocycles. The molecule has 1 rings (SSSR count). The number of hydrogen-bond acceptors (Lipinski definition) is 7. The summed E-state index contributed by atoms with van der Waals surface area (Å²) in [6, 6.07) is 3.51. The van der Waals surface area contributed by atoms with Crippen LogP contribution in [0.3, 0.4) is 0 Å². The van der Waals surface area contributed by atoms with E-state index in [1.54, 1.807) is 12.1 Å². The van der Waals surface area contributed by atoms with Crippen molar-refractivity contribution in [2.75, 3.05) is 41.2 Å². The SMILES string of the molecule is COc1cc(CNC(CO)(CO)CO)cc(OC)c1OC. The van der Waals surface area contributed by atoms with Crippen molar-refractivity contribution in [2.45, 2.75) is 12.1 Å². The fourth-order valence-electron chi connectivity index (χ4n) is 1.84. The molecular formula is C14H23NO6. The summed E-state index contributed by atoms with van der Waals surface area (Å²) in [5, 5.41) is 30.8. The van der Waals surface area contributed by atoms with E-state index in [4.69, 9.17) is 14.2 Å². The normalized spacial score (nSPS) is 11.3. The van der Waals surface area contributed by atoms with Crippen molar-refractivity contribution >= 4 is 0 Å². The van der Waals surface area contributed by atoms with E-state index in [9.17, 15) is 15.3 Å². The van der Waals surface area contributed by atoms with Gasteiger partial charge in [-0.25, -0.2) is 0 Å². The Labute approximate surface area is 124 Å². The van der Waals surface area contributed by atoms with E-state index in [0.717, 1.165) is 5.56 Å². The molecule has 1 aromatic carbocycles. The fraction of sp³-hybridized carbons (Fsp3) is 0.571. The smallest absolute Gasteiger partial charge is 0.203 e. The van der Waals surface area contributed by atoms with Crippen LogP contribution in [0.2, 0.25) is 0 Å². The minimum atomic E-state index is -1.14. The van der Waals surface area contributed by atoms with Crippen LogP contribution in [0, 0.1) is 0 Å². The summed E-state index contributed by atoms with van der Waals surface area (Å²) in [6.07, 6.45) is 0. The summed E-state index contributed by atoms with van der Waals surface area (Å²) in [4.78, 5) is 0. The Balaban J connectivity index is 2.99. The van der Waals surface area contributed by atoms with Crippen LogP contribution in [0.4, 0.5) is 0 Å². The number of nitrogens with one attached hydrogen (secondary N) is 1. The van der Waals surface area contributed by atoms with Crippen molar-refractivity contribution in [3.8, 4) is 17.2 Å². The maximum absolute atomic E-state index is 9.29. The Morgan fingerprint density at radius 3 is 1.71 bits per heavy atom. The number of aliphatic hydroxyl groups excluding tert-OH is 3. The molecule has 0 unspecified atom stereocenters. The zero-order valence-electron chi connectivity index (χ0n) is 12.5.